The molecule has 0 amide bonds. The molecule has 2 saturated heterocycles. The highest BCUT2D eigenvalue weighted by atomic mass is 19.4. The van der Waals surface area contributed by atoms with Crippen LogP contribution in [-0.4, -0.2) is 23.9 Å². The maximum Gasteiger partial charge on any atom is 0.390 e. The summed E-state index contributed by atoms with van der Waals surface area (Å²) < 4.78 is 41.7. The van der Waals surface area contributed by atoms with E-state index >= 15 is 0 Å². The molecule has 2 bridgehead atoms. The molecule has 2 nitrogen and oxygen atoms in total. The van der Waals surface area contributed by atoms with Crippen LogP contribution in [0.25, 0.3) is 0 Å². The van der Waals surface area contributed by atoms with Crippen LogP contribution in [0.3, 0.4) is 0 Å². The molecule has 3 unspecified atom stereocenters. The van der Waals surface area contributed by atoms with Crippen LogP contribution >= 0.6 is 0 Å². The van der Waals surface area contributed by atoms with E-state index in [0.717, 1.165) is 6.42 Å². The zero-order valence-electron chi connectivity index (χ0n) is 7.10. The second-order valence-electron chi connectivity index (χ2n) is 4.05. The lowest BCUT2D eigenvalue weighted by Crippen LogP contribution is -2.51. The van der Waals surface area contributed by atoms with E-state index in [9.17, 15) is 13.2 Å². The lowest BCUT2D eigenvalue weighted by Gasteiger charge is -2.31. The molecular weight excluding hydrogens is 183 g/mol. The van der Waals surface area contributed by atoms with Gasteiger partial charge < -0.3 is 10.5 Å². The molecular formula is C8H12F3NO. The summed E-state index contributed by atoms with van der Waals surface area (Å²) in [6, 6.07) is 0. The van der Waals surface area contributed by atoms with Gasteiger partial charge in [0.15, 0.2) is 0 Å². The third-order valence-corrected chi connectivity index (χ3v) is 2.89. The van der Waals surface area contributed by atoms with Crippen molar-refractivity contribution in [2.75, 3.05) is 0 Å². The van der Waals surface area contributed by atoms with Gasteiger partial charge in [0.2, 0.25) is 0 Å². The van der Waals surface area contributed by atoms with Crippen LogP contribution in [0.1, 0.15) is 25.7 Å². The Morgan fingerprint density at radius 3 is 2.46 bits per heavy atom. The van der Waals surface area contributed by atoms with Gasteiger partial charge in [-0.3, -0.25) is 0 Å². The van der Waals surface area contributed by atoms with E-state index in [1.54, 1.807) is 0 Å². The maximum atomic E-state index is 12.1. The molecule has 2 aliphatic heterocycles. The normalized spacial score (nSPS) is 44.3. The minimum atomic E-state index is -4.18. The molecule has 0 aromatic carbocycles. The SMILES string of the molecule is NC1(CC(F)(F)F)CC2CCC1O2. The summed E-state index contributed by atoms with van der Waals surface area (Å²) in [7, 11) is 0. The topological polar surface area (TPSA) is 35.2 Å². The second-order valence-corrected chi connectivity index (χ2v) is 4.05. The molecule has 2 aliphatic rings. The molecule has 76 valence electrons. The molecule has 0 spiro atoms. The Bertz CT molecular complexity index is 218. The predicted octanol–water partition coefficient (Wildman–Crippen LogP) is 1.59. The molecule has 0 aliphatic carbocycles. The number of hydrogen-bond acceptors (Lipinski definition) is 2. The highest BCUT2D eigenvalue weighted by Gasteiger charge is 2.54. The highest BCUT2D eigenvalue weighted by Crippen LogP contribution is 2.45. The highest BCUT2D eigenvalue weighted by molar-refractivity contribution is 5.05. The van der Waals surface area contributed by atoms with Crippen LogP contribution in [0.4, 0.5) is 13.2 Å². The van der Waals surface area contributed by atoms with Crippen molar-refractivity contribution in [2.24, 2.45) is 5.73 Å². The van der Waals surface area contributed by atoms with Crippen molar-refractivity contribution in [3.63, 3.8) is 0 Å². The van der Waals surface area contributed by atoms with E-state index in [-0.39, 0.29) is 12.2 Å². The van der Waals surface area contributed by atoms with E-state index in [4.69, 9.17) is 10.5 Å². The molecule has 0 aromatic rings. The molecule has 0 aromatic heterocycles. The van der Waals surface area contributed by atoms with Crippen LogP contribution in [0.2, 0.25) is 0 Å². The number of rotatable bonds is 1. The summed E-state index contributed by atoms with van der Waals surface area (Å²) in [6.45, 7) is 0. The fourth-order valence-corrected chi connectivity index (χ4v) is 2.39. The Morgan fingerprint density at radius 1 is 1.38 bits per heavy atom. The fourth-order valence-electron chi connectivity index (χ4n) is 2.39. The minimum Gasteiger partial charge on any atom is -0.373 e. The second kappa shape index (κ2) is 2.60. The van der Waals surface area contributed by atoms with E-state index in [0.29, 0.717) is 12.8 Å². The molecule has 2 fully saturated rings. The van der Waals surface area contributed by atoms with Crippen LogP contribution < -0.4 is 5.73 Å². The standard InChI is InChI=1S/C8H12F3NO/c9-8(10,11)4-7(12)3-5-1-2-6(7)13-5/h5-6H,1-4,12H2. The van der Waals surface area contributed by atoms with Gasteiger partial charge in [-0.2, -0.15) is 13.2 Å². The smallest absolute Gasteiger partial charge is 0.373 e. The van der Waals surface area contributed by atoms with Crippen LogP contribution in [0.5, 0.6) is 0 Å². The van der Waals surface area contributed by atoms with Crippen molar-refractivity contribution < 1.29 is 17.9 Å². The van der Waals surface area contributed by atoms with Crippen molar-refractivity contribution in [1.82, 2.24) is 0 Å². The zero-order valence-corrected chi connectivity index (χ0v) is 7.10. The van der Waals surface area contributed by atoms with Gasteiger partial charge in [-0.1, -0.05) is 0 Å². The fraction of sp³-hybridized carbons (Fsp3) is 1.00. The van der Waals surface area contributed by atoms with Gasteiger partial charge in [-0.25, -0.2) is 0 Å². The Labute approximate surface area is 74.2 Å². The van der Waals surface area contributed by atoms with Gasteiger partial charge in [0.05, 0.1) is 24.2 Å². The van der Waals surface area contributed by atoms with E-state index in [1.807, 2.05) is 0 Å². The number of halogens is 3. The van der Waals surface area contributed by atoms with Gasteiger partial charge in [-0.05, 0) is 19.3 Å². The number of nitrogens with two attached hydrogens (primary N) is 1. The van der Waals surface area contributed by atoms with Crippen LogP contribution in [-0.2, 0) is 4.74 Å². The summed E-state index contributed by atoms with van der Waals surface area (Å²) in [5, 5.41) is 0. The summed E-state index contributed by atoms with van der Waals surface area (Å²) in [6.07, 6.45) is -3.60. The summed E-state index contributed by atoms with van der Waals surface area (Å²) >= 11 is 0. The monoisotopic (exact) mass is 195 g/mol. The number of fused-ring (bicyclic) bond motifs is 2. The largest absolute Gasteiger partial charge is 0.390 e. The minimum absolute atomic E-state index is 0.0302. The van der Waals surface area contributed by atoms with E-state index < -0.39 is 18.1 Å². The summed E-state index contributed by atoms with van der Waals surface area (Å²) in [5.74, 6) is 0. The number of hydrogen-bond donors (Lipinski definition) is 1. The van der Waals surface area contributed by atoms with Gasteiger partial charge in [0.25, 0.3) is 0 Å². The van der Waals surface area contributed by atoms with Crippen molar-refractivity contribution in [1.29, 1.82) is 0 Å². The third-order valence-electron chi connectivity index (χ3n) is 2.89. The van der Waals surface area contributed by atoms with Crippen molar-refractivity contribution in [3.05, 3.63) is 0 Å². The maximum absolute atomic E-state index is 12.1. The summed E-state index contributed by atoms with van der Waals surface area (Å²) in [4.78, 5) is 0. The van der Waals surface area contributed by atoms with Crippen molar-refractivity contribution >= 4 is 0 Å². The molecule has 3 atom stereocenters. The van der Waals surface area contributed by atoms with Crippen LogP contribution in [0, 0.1) is 0 Å². The first-order valence-corrected chi connectivity index (χ1v) is 4.40. The number of alkyl halides is 3. The lowest BCUT2D eigenvalue weighted by atomic mass is 9.80. The Morgan fingerprint density at radius 2 is 2.08 bits per heavy atom. The quantitative estimate of drug-likeness (QED) is 0.689. The molecule has 2 heterocycles. The van der Waals surface area contributed by atoms with Crippen LogP contribution in [0.15, 0.2) is 0 Å². The molecule has 5 heteroatoms. The predicted molar refractivity (Wildman–Crippen MR) is 40.1 cm³/mol. The average Bonchev–Trinajstić information content (AvgIpc) is 2.39. The zero-order chi connectivity index (χ0) is 9.69. The lowest BCUT2D eigenvalue weighted by molar-refractivity contribution is -0.151. The first-order valence-electron chi connectivity index (χ1n) is 4.40. The van der Waals surface area contributed by atoms with Gasteiger partial charge in [0, 0.05) is 0 Å². The average molecular weight is 195 g/mol. The number of ether oxygens (including phenoxy) is 1. The third kappa shape index (κ3) is 1.67. The molecule has 0 saturated carbocycles. The van der Waals surface area contributed by atoms with Gasteiger partial charge >= 0.3 is 6.18 Å². The first kappa shape index (κ1) is 9.27. The molecule has 13 heavy (non-hydrogen) atoms. The van der Waals surface area contributed by atoms with Crippen molar-refractivity contribution in [2.45, 2.75) is 49.6 Å². The summed E-state index contributed by atoms with van der Waals surface area (Å²) in [5.41, 5.74) is 4.53. The van der Waals surface area contributed by atoms with E-state index in [2.05, 4.69) is 0 Å². The van der Waals surface area contributed by atoms with Crippen molar-refractivity contribution in [3.8, 4) is 0 Å². The molecule has 2 N–H and O–H groups in total. The Kier molecular flexibility index (Phi) is 1.86. The Balaban J connectivity index is 2.06. The first-order chi connectivity index (χ1) is 5.89. The molecule has 2 rings (SSSR count). The Hall–Kier alpha value is -0.290. The molecule has 0 radical (unpaired) electrons. The van der Waals surface area contributed by atoms with Gasteiger partial charge in [0.1, 0.15) is 0 Å². The van der Waals surface area contributed by atoms with E-state index in [1.165, 1.54) is 0 Å². The van der Waals surface area contributed by atoms with Gasteiger partial charge in [-0.15, -0.1) is 0 Å².